The Hall–Kier alpha value is -3.15. The molecule has 0 radical (unpaired) electrons. The lowest BCUT2D eigenvalue weighted by molar-refractivity contribution is -0.141. The quantitative estimate of drug-likeness (QED) is 0.168. The van der Waals surface area contributed by atoms with Crippen molar-refractivity contribution in [2.45, 2.75) is 110 Å². The average Bonchev–Trinajstić information content (AvgIpc) is 3.71. The van der Waals surface area contributed by atoms with Crippen LogP contribution in [0.5, 0.6) is 0 Å². The van der Waals surface area contributed by atoms with Crippen LogP contribution in [0.4, 0.5) is 0 Å². The number of carbonyl (C=O) groups excluding carboxylic acids is 3. The number of hydrogen-bond acceptors (Lipinski definition) is 8. The van der Waals surface area contributed by atoms with Crippen LogP contribution in [0.25, 0.3) is 10.4 Å². The van der Waals surface area contributed by atoms with E-state index in [0.717, 1.165) is 28.0 Å². The van der Waals surface area contributed by atoms with Gasteiger partial charge in [0.2, 0.25) is 11.8 Å². The van der Waals surface area contributed by atoms with Gasteiger partial charge in [0, 0.05) is 25.5 Å². The first-order valence-electron chi connectivity index (χ1n) is 15.8. The molecule has 1 fully saturated rings. The van der Waals surface area contributed by atoms with E-state index in [0.29, 0.717) is 37.3 Å². The molecule has 4 rings (SSSR count). The molecule has 45 heavy (non-hydrogen) atoms. The third-order valence-electron chi connectivity index (χ3n) is 9.23. The van der Waals surface area contributed by atoms with Crippen LogP contribution in [0.2, 0.25) is 18.1 Å². The second-order valence-electron chi connectivity index (χ2n) is 14.0. The fourth-order valence-corrected chi connectivity index (χ4v) is 7.75. The Morgan fingerprint density at radius 3 is 2.47 bits per heavy atom. The zero-order valence-electron chi connectivity index (χ0n) is 28.0. The molecule has 0 saturated carbocycles. The van der Waals surface area contributed by atoms with E-state index in [1.807, 2.05) is 45.3 Å². The van der Waals surface area contributed by atoms with Crippen molar-refractivity contribution in [2.24, 2.45) is 5.92 Å². The molecule has 9 nitrogen and oxygen atoms in total. The zero-order valence-corrected chi connectivity index (χ0v) is 29.9. The summed E-state index contributed by atoms with van der Waals surface area (Å²) in [6.45, 7) is 19.2. The maximum Gasteiger partial charge on any atom is 0.243 e. The first-order chi connectivity index (χ1) is 21.1. The first kappa shape index (κ1) is 34.7. The van der Waals surface area contributed by atoms with Gasteiger partial charge in [-0.15, -0.1) is 11.3 Å². The molecular formula is C34H48N4O5SSi. The number of aryl methyl sites for hydroxylation is 2. The third-order valence-corrected chi connectivity index (χ3v) is 14.7. The van der Waals surface area contributed by atoms with E-state index >= 15 is 0 Å². The summed E-state index contributed by atoms with van der Waals surface area (Å²) in [5, 5.41) is 7.27. The van der Waals surface area contributed by atoms with Gasteiger partial charge >= 0.3 is 0 Å². The zero-order chi connectivity index (χ0) is 33.1. The fraction of sp³-hybridized carbons (Fsp3) is 0.559. The molecule has 1 saturated heterocycles. The van der Waals surface area contributed by atoms with Crippen LogP contribution < -0.4 is 5.32 Å². The van der Waals surface area contributed by atoms with E-state index < -0.39 is 20.3 Å². The van der Waals surface area contributed by atoms with Crippen molar-refractivity contribution in [3.8, 4) is 10.4 Å². The molecule has 1 aliphatic heterocycles. The van der Waals surface area contributed by atoms with Gasteiger partial charge < -0.3 is 24.0 Å². The molecule has 1 N–H and O–H groups in total. The third kappa shape index (κ3) is 7.99. The summed E-state index contributed by atoms with van der Waals surface area (Å²) >= 11 is 1.61. The van der Waals surface area contributed by atoms with Crippen LogP contribution in [-0.2, 0) is 25.2 Å². The predicted molar refractivity (Wildman–Crippen MR) is 179 cm³/mol. The Morgan fingerprint density at radius 2 is 1.89 bits per heavy atom. The number of hydrogen-bond donors (Lipinski definition) is 1. The van der Waals surface area contributed by atoms with Gasteiger partial charge in [-0.1, -0.05) is 64.0 Å². The molecule has 3 aromatic rings. The van der Waals surface area contributed by atoms with Gasteiger partial charge in [0.05, 0.1) is 33.9 Å². The number of nitrogens with one attached hydrogen (secondary N) is 1. The van der Waals surface area contributed by atoms with Crippen LogP contribution in [0.3, 0.4) is 0 Å². The number of thiazole rings is 1. The monoisotopic (exact) mass is 652 g/mol. The Morgan fingerprint density at radius 1 is 1.20 bits per heavy atom. The van der Waals surface area contributed by atoms with Crippen molar-refractivity contribution in [1.82, 2.24) is 20.4 Å². The molecule has 4 atom stereocenters. The minimum absolute atomic E-state index is 0.0151. The Labute approximate surface area is 272 Å². The van der Waals surface area contributed by atoms with Gasteiger partial charge in [-0.2, -0.15) is 0 Å². The van der Waals surface area contributed by atoms with Crippen molar-refractivity contribution in [1.29, 1.82) is 0 Å². The van der Waals surface area contributed by atoms with Crippen molar-refractivity contribution in [3.05, 3.63) is 58.6 Å². The summed E-state index contributed by atoms with van der Waals surface area (Å²) in [6, 6.07) is 8.99. The average molecular weight is 653 g/mol. The molecule has 11 heteroatoms. The lowest BCUT2D eigenvalue weighted by Gasteiger charge is -2.38. The van der Waals surface area contributed by atoms with Gasteiger partial charge in [-0.3, -0.25) is 9.59 Å². The number of carbonyl (C=O) groups is 3. The van der Waals surface area contributed by atoms with Crippen LogP contribution in [0.1, 0.15) is 89.1 Å². The molecule has 2 aromatic heterocycles. The summed E-state index contributed by atoms with van der Waals surface area (Å²) in [7, 11) is -2.17. The van der Waals surface area contributed by atoms with E-state index in [9.17, 15) is 14.4 Å². The minimum Gasteiger partial charge on any atom is -0.412 e. The molecule has 0 bridgehead atoms. The molecule has 2 amide bonds. The highest BCUT2D eigenvalue weighted by atomic mass is 32.1. The second-order valence-corrected chi connectivity index (χ2v) is 19.6. The first-order valence-corrected chi connectivity index (χ1v) is 19.6. The normalized spacial score (nSPS) is 18.7. The Bertz CT molecular complexity index is 1480. The van der Waals surface area contributed by atoms with E-state index in [1.54, 1.807) is 22.3 Å². The molecule has 0 aliphatic carbocycles. The van der Waals surface area contributed by atoms with Crippen molar-refractivity contribution < 1.29 is 23.3 Å². The molecule has 244 valence electrons. The number of likely N-dealkylation sites (tertiary alicyclic amines) is 1. The summed E-state index contributed by atoms with van der Waals surface area (Å²) < 4.78 is 12.4. The standard InChI is InChI=1S/C34H48N4O5SSi/c1-21(2)30(29-17-26(37-42-29)11-10-16-39)33(41)38-19-27(43-45(8,9)34(5,6)7)18-28(38)32(40)36-22(3)24-12-14-25(15-13-24)31-23(4)35-20-44-31/h12-17,20-22,27-28,30H,10-11,18-19H2,1-9H3,(H,36,40)/t22-,27+,28-,30?/m0/s1. The number of nitrogens with zero attached hydrogens (tertiary/aromatic N) is 3. The van der Waals surface area contributed by atoms with Crippen LogP contribution >= 0.6 is 11.3 Å². The molecule has 1 aliphatic rings. The SMILES string of the molecule is Cc1ncsc1-c1ccc([C@H](C)NC(=O)[C@@H]2C[C@@H](O[Si](C)(C)C(C)(C)C)CN2C(=O)C(c2cc(CCC=O)no2)C(C)C)cc1. The van der Waals surface area contributed by atoms with Crippen molar-refractivity contribution >= 4 is 37.8 Å². The van der Waals surface area contributed by atoms with Crippen LogP contribution in [0, 0.1) is 12.8 Å². The highest BCUT2D eigenvalue weighted by molar-refractivity contribution is 7.13. The smallest absolute Gasteiger partial charge is 0.243 e. The second kappa shape index (κ2) is 14.1. The summed E-state index contributed by atoms with van der Waals surface area (Å²) in [5.41, 5.74) is 5.55. The minimum atomic E-state index is -2.17. The predicted octanol–water partition coefficient (Wildman–Crippen LogP) is 6.85. The van der Waals surface area contributed by atoms with Gasteiger partial charge in [0.1, 0.15) is 24.0 Å². The summed E-state index contributed by atoms with van der Waals surface area (Å²) in [6.07, 6.45) is 1.79. The van der Waals surface area contributed by atoms with E-state index in [1.165, 1.54) is 0 Å². The molecule has 3 heterocycles. The van der Waals surface area contributed by atoms with Gasteiger partial charge in [-0.25, -0.2) is 4.98 Å². The van der Waals surface area contributed by atoms with Crippen LogP contribution in [-0.4, -0.2) is 60.1 Å². The van der Waals surface area contributed by atoms with E-state index in [4.69, 9.17) is 8.95 Å². The lowest BCUT2D eigenvalue weighted by atomic mass is 9.91. The van der Waals surface area contributed by atoms with E-state index in [-0.39, 0.29) is 34.9 Å². The molecule has 0 spiro atoms. The van der Waals surface area contributed by atoms with Crippen molar-refractivity contribution in [2.75, 3.05) is 6.54 Å². The highest BCUT2D eigenvalue weighted by Gasteiger charge is 2.47. The maximum atomic E-state index is 14.3. The summed E-state index contributed by atoms with van der Waals surface area (Å²) in [4.78, 5) is 46.3. The lowest BCUT2D eigenvalue weighted by Crippen LogP contribution is -2.48. The maximum absolute atomic E-state index is 14.3. The highest BCUT2D eigenvalue weighted by Crippen LogP contribution is 2.40. The number of aromatic nitrogens is 2. The number of rotatable bonds is 12. The number of benzene rings is 1. The topological polar surface area (TPSA) is 115 Å². The molecular weight excluding hydrogens is 605 g/mol. The molecule has 1 unspecified atom stereocenters. The Balaban J connectivity index is 1.57. The fourth-order valence-electron chi connectivity index (χ4n) is 5.58. The largest absolute Gasteiger partial charge is 0.412 e. The van der Waals surface area contributed by atoms with Gasteiger partial charge in [0.25, 0.3) is 0 Å². The van der Waals surface area contributed by atoms with Crippen molar-refractivity contribution in [3.63, 3.8) is 0 Å². The number of amides is 2. The summed E-state index contributed by atoms with van der Waals surface area (Å²) in [5.74, 6) is -0.654. The Kier molecular flexibility index (Phi) is 10.9. The van der Waals surface area contributed by atoms with Gasteiger partial charge in [0.15, 0.2) is 8.32 Å². The van der Waals surface area contributed by atoms with Gasteiger partial charge in [-0.05, 0) is 55.4 Å². The molecule has 1 aromatic carbocycles. The van der Waals surface area contributed by atoms with E-state index in [2.05, 4.69) is 61.5 Å². The van der Waals surface area contributed by atoms with Crippen LogP contribution in [0.15, 0.2) is 40.4 Å². The number of aldehydes is 1.